The van der Waals surface area contributed by atoms with E-state index >= 15 is 0 Å². The third-order valence-electron chi connectivity index (χ3n) is 11.0. The molecule has 2 aliphatic carbocycles. The van der Waals surface area contributed by atoms with Crippen LogP contribution in [-0.2, 0) is 23.8 Å². The lowest BCUT2D eigenvalue weighted by molar-refractivity contribution is -0.266. The Hall–Kier alpha value is -4.51. The van der Waals surface area contributed by atoms with Crippen molar-refractivity contribution in [2.45, 2.75) is 84.7 Å². The van der Waals surface area contributed by atoms with Crippen LogP contribution in [0.25, 0.3) is 11.3 Å². The summed E-state index contributed by atoms with van der Waals surface area (Å²) in [5, 5.41) is 12.3. The molecule has 3 aliphatic rings. The molecule has 6 rings (SSSR count). The molecule has 1 aromatic carbocycles. The number of carbonyl (C=O) groups is 3. The highest BCUT2D eigenvalue weighted by molar-refractivity contribution is 5.89. The minimum Gasteiger partial charge on any atom is -0.482 e. The Morgan fingerprint density at radius 2 is 1.75 bits per heavy atom. The van der Waals surface area contributed by atoms with E-state index in [0.717, 1.165) is 5.56 Å². The molecule has 11 heteroatoms. The van der Waals surface area contributed by atoms with Gasteiger partial charge in [-0.25, -0.2) is 9.59 Å². The summed E-state index contributed by atoms with van der Waals surface area (Å²) in [6, 6.07) is 12.0. The van der Waals surface area contributed by atoms with Crippen molar-refractivity contribution >= 4 is 17.9 Å². The molecule has 3 aromatic rings. The van der Waals surface area contributed by atoms with E-state index in [1.54, 1.807) is 49.6 Å². The molecule has 1 N–H and O–H groups in total. The highest BCUT2D eigenvalue weighted by atomic mass is 16.6. The molecule has 0 spiro atoms. The molecule has 2 aromatic heterocycles. The number of aliphatic hydroxyl groups excluding tert-OH is 1. The highest BCUT2D eigenvalue weighted by Gasteiger charge is 2.71. The van der Waals surface area contributed by atoms with Crippen molar-refractivity contribution in [3.8, 4) is 17.1 Å². The predicted molar refractivity (Wildman–Crippen MR) is 172 cm³/mol. The zero-order valence-corrected chi connectivity index (χ0v) is 28.0. The molecular formula is C37H41NO10. The van der Waals surface area contributed by atoms with Gasteiger partial charge in [-0.3, -0.25) is 14.6 Å². The van der Waals surface area contributed by atoms with Crippen LogP contribution < -0.4 is 10.4 Å². The lowest BCUT2D eigenvalue weighted by Gasteiger charge is -2.66. The van der Waals surface area contributed by atoms with Crippen LogP contribution in [0.15, 0.2) is 64.1 Å². The van der Waals surface area contributed by atoms with Gasteiger partial charge in [-0.1, -0.05) is 31.5 Å². The molecule has 0 amide bonds. The zero-order valence-electron chi connectivity index (χ0n) is 28.0. The van der Waals surface area contributed by atoms with Gasteiger partial charge in [0.05, 0.1) is 11.7 Å². The van der Waals surface area contributed by atoms with Gasteiger partial charge in [0.25, 0.3) is 0 Å². The molecule has 0 saturated heterocycles. The van der Waals surface area contributed by atoms with Crippen molar-refractivity contribution in [3.05, 3.63) is 82.0 Å². The van der Waals surface area contributed by atoms with Gasteiger partial charge >= 0.3 is 23.5 Å². The van der Waals surface area contributed by atoms with E-state index < -0.39 is 70.1 Å². The van der Waals surface area contributed by atoms with Crippen LogP contribution in [0.4, 0.5) is 0 Å². The van der Waals surface area contributed by atoms with E-state index in [4.69, 9.17) is 23.4 Å². The maximum Gasteiger partial charge on any atom is 0.345 e. The fraction of sp³-hybridized carbons (Fsp3) is 0.486. The van der Waals surface area contributed by atoms with Gasteiger partial charge in [-0.2, -0.15) is 0 Å². The smallest absolute Gasteiger partial charge is 0.345 e. The number of benzene rings is 1. The number of carbonyl (C=O) groups excluding carboxylic acids is 3. The third-order valence-corrected chi connectivity index (χ3v) is 11.0. The van der Waals surface area contributed by atoms with Gasteiger partial charge < -0.3 is 28.5 Å². The first-order valence-electron chi connectivity index (χ1n) is 16.2. The number of hydrogen-bond donors (Lipinski definition) is 1. The Morgan fingerprint density at radius 1 is 1.02 bits per heavy atom. The van der Waals surface area contributed by atoms with Crippen LogP contribution in [0, 0.1) is 29.6 Å². The summed E-state index contributed by atoms with van der Waals surface area (Å²) in [5.41, 5.74) is -1.97. The summed E-state index contributed by atoms with van der Waals surface area (Å²) >= 11 is 0. The summed E-state index contributed by atoms with van der Waals surface area (Å²) in [7, 11) is 0. The average Bonchev–Trinajstić information content (AvgIpc) is 3.02. The van der Waals surface area contributed by atoms with Crippen molar-refractivity contribution in [1.29, 1.82) is 0 Å². The Kier molecular flexibility index (Phi) is 8.47. The molecule has 254 valence electrons. The number of hydrogen-bond acceptors (Lipinski definition) is 11. The van der Waals surface area contributed by atoms with E-state index in [1.165, 1.54) is 13.8 Å². The van der Waals surface area contributed by atoms with E-state index in [9.17, 15) is 24.3 Å². The number of fused-ring (bicyclic) bond motifs is 4. The molecule has 2 saturated carbocycles. The highest BCUT2D eigenvalue weighted by Crippen LogP contribution is 2.67. The first-order valence-corrected chi connectivity index (χ1v) is 16.2. The summed E-state index contributed by atoms with van der Waals surface area (Å²) in [4.78, 5) is 55.9. The van der Waals surface area contributed by atoms with Gasteiger partial charge in [0.15, 0.2) is 0 Å². The lowest BCUT2D eigenvalue weighted by Crippen LogP contribution is -2.71. The molecule has 3 heterocycles. The standard InChI is InChI=1S/C37H41NO10/c1-20-9-11-23(12-10-20)33(42)47-29-17-27-35(4,14-13-28(45-22(3)40)36(27,5)19-44-21(2)39)32-31(41)30-26(48-37(29,32)6)16-25(46-34(30)43)24-8-7-15-38-18-24/h7-12,15-16,18,27-29,31-32,41H,13-14,17,19H2,1-6H3/t27?,28-,29-,31?,32?,35-,36+,37+/m0/s1. The topological polar surface area (TPSA) is 151 Å². The molecule has 3 unspecified atom stereocenters. The van der Waals surface area contributed by atoms with E-state index in [1.807, 2.05) is 32.9 Å². The van der Waals surface area contributed by atoms with Crippen LogP contribution in [0.3, 0.4) is 0 Å². The largest absolute Gasteiger partial charge is 0.482 e. The average molecular weight is 660 g/mol. The summed E-state index contributed by atoms with van der Waals surface area (Å²) in [6.45, 7) is 10.2. The zero-order chi connectivity index (χ0) is 34.6. The molecule has 8 atom stereocenters. The first kappa shape index (κ1) is 33.4. The predicted octanol–water partition coefficient (Wildman–Crippen LogP) is 5.36. The number of aryl methyl sites for hydroxylation is 1. The van der Waals surface area contributed by atoms with Crippen LogP contribution in [0.2, 0.25) is 0 Å². The van der Waals surface area contributed by atoms with E-state index in [2.05, 4.69) is 4.98 Å². The Labute approximate surface area is 278 Å². The number of aliphatic hydroxyl groups is 1. The summed E-state index contributed by atoms with van der Waals surface area (Å²) in [6.07, 6.45) is 1.30. The SMILES string of the molecule is CC(=O)OC[C@]1(C)C2C[C@H](OC(=O)c3ccc(C)cc3)[C@@]3(C)Oc4cc(-c5cccnc5)oc(=O)c4C(O)C3[C@@]2(C)CC[C@@H]1OC(C)=O. The van der Waals surface area contributed by atoms with Crippen molar-refractivity contribution in [1.82, 2.24) is 4.98 Å². The number of pyridine rings is 1. The first-order chi connectivity index (χ1) is 22.7. The molecule has 2 fully saturated rings. The van der Waals surface area contributed by atoms with Gasteiger partial charge in [-0.15, -0.1) is 0 Å². The van der Waals surface area contributed by atoms with Gasteiger partial charge in [-0.05, 0) is 68.7 Å². The molecule has 48 heavy (non-hydrogen) atoms. The van der Waals surface area contributed by atoms with Crippen molar-refractivity contribution in [3.63, 3.8) is 0 Å². The molecular weight excluding hydrogens is 618 g/mol. The fourth-order valence-electron chi connectivity index (χ4n) is 8.72. The van der Waals surface area contributed by atoms with Gasteiger partial charge in [0.2, 0.25) is 0 Å². The molecule has 1 aliphatic heterocycles. The van der Waals surface area contributed by atoms with Crippen LogP contribution in [-0.4, -0.2) is 52.4 Å². The van der Waals surface area contributed by atoms with Gasteiger partial charge in [0.1, 0.15) is 41.5 Å². The monoisotopic (exact) mass is 659 g/mol. The number of ether oxygens (including phenoxy) is 4. The Bertz CT molecular complexity index is 1790. The number of rotatable bonds is 6. The van der Waals surface area contributed by atoms with Gasteiger partial charge in [0, 0.05) is 49.2 Å². The maximum absolute atomic E-state index is 13.7. The van der Waals surface area contributed by atoms with E-state index in [-0.39, 0.29) is 30.1 Å². The van der Waals surface area contributed by atoms with Crippen LogP contribution >= 0.6 is 0 Å². The Balaban J connectivity index is 1.50. The van der Waals surface area contributed by atoms with Crippen molar-refractivity contribution in [2.75, 3.05) is 6.61 Å². The molecule has 0 radical (unpaired) electrons. The fourth-order valence-corrected chi connectivity index (χ4v) is 8.72. The van der Waals surface area contributed by atoms with Crippen molar-refractivity contribution in [2.24, 2.45) is 22.7 Å². The minimum atomic E-state index is -1.38. The maximum atomic E-state index is 13.7. The minimum absolute atomic E-state index is 0.0283. The summed E-state index contributed by atoms with van der Waals surface area (Å²) in [5.74, 6) is -2.43. The number of esters is 3. The Morgan fingerprint density at radius 3 is 2.40 bits per heavy atom. The normalized spacial score (nSPS) is 32.0. The van der Waals surface area contributed by atoms with E-state index in [0.29, 0.717) is 24.0 Å². The quantitative estimate of drug-likeness (QED) is 0.269. The summed E-state index contributed by atoms with van der Waals surface area (Å²) < 4.78 is 30.3. The van der Waals surface area contributed by atoms with Crippen LogP contribution in [0.1, 0.15) is 81.5 Å². The number of aromatic nitrogens is 1. The lowest BCUT2D eigenvalue weighted by atomic mass is 9.42. The molecule has 0 bridgehead atoms. The third kappa shape index (κ3) is 5.57. The second-order valence-electron chi connectivity index (χ2n) is 14.1. The number of nitrogens with zero attached hydrogens (tertiary/aromatic N) is 1. The second kappa shape index (κ2) is 12.2. The van der Waals surface area contributed by atoms with Crippen molar-refractivity contribution < 1.29 is 42.9 Å². The van der Waals surface area contributed by atoms with Crippen LogP contribution in [0.5, 0.6) is 5.75 Å². The second-order valence-corrected chi connectivity index (χ2v) is 14.1. The molecule has 11 nitrogen and oxygen atoms in total.